The number of hydrogen-bond acceptors (Lipinski definition) is 2. The lowest BCUT2D eigenvalue weighted by Crippen LogP contribution is -1.92. The summed E-state index contributed by atoms with van der Waals surface area (Å²) in [6.45, 7) is 0. The Hall–Kier alpha value is -1.47. The van der Waals surface area contributed by atoms with Gasteiger partial charge in [-0.25, -0.2) is 4.79 Å². The molecule has 0 aliphatic carbocycles. The number of nitrogens with zero attached hydrogens (tertiary/aromatic N) is 2. The molecular formula is C6H3ClN2O2. The van der Waals surface area contributed by atoms with E-state index in [0.29, 0.717) is 0 Å². The van der Waals surface area contributed by atoms with E-state index in [0.717, 1.165) is 4.68 Å². The van der Waals surface area contributed by atoms with E-state index in [1.165, 1.54) is 12.3 Å². The quantitative estimate of drug-likeness (QED) is 0.575. The van der Waals surface area contributed by atoms with Crippen LogP contribution in [0.3, 0.4) is 0 Å². The first-order chi connectivity index (χ1) is 5.18. The van der Waals surface area contributed by atoms with Crippen LogP contribution in [0.1, 0.15) is 0 Å². The Labute approximate surface area is 67.4 Å². The molecule has 0 aliphatic heterocycles. The van der Waals surface area contributed by atoms with Gasteiger partial charge in [-0.05, 0) is 6.07 Å². The van der Waals surface area contributed by atoms with Gasteiger partial charge in [-0.15, -0.1) is 5.10 Å². The fraction of sp³-hybridized carbons (Fsp3) is 0. The lowest BCUT2D eigenvalue weighted by molar-refractivity contribution is -0.130. The van der Waals surface area contributed by atoms with Crippen molar-refractivity contribution in [3.05, 3.63) is 17.4 Å². The topological polar surface area (TPSA) is 55.1 Å². The third kappa shape index (κ3) is 2.32. The standard InChI is InChI=1S/C6H3ClN2O2/c7-5-1-3-9(8-5)4-2-6(10)11/h1,3H,(H,10,11). The van der Waals surface area contributed by atoms with Gasteiger partial charge in [0.1, 0.15) is 0 Å². The van der Waals surface area contributed by atoms with Crippen LogP contribution < -0.4 is 0 Å². The summed E-state index contributed by atoms with van der Waals surface area (Å²) in [6, 6.07) is 3.75. The summed E-state index contributed by atoms with van der Waals surface area (Å²) in [5.74, 6) is 0.686. The summed E-state index contributed by atoms with van der Waals surface area (Å²) < 4.78 is 1.14. The van der Waals surface area contributed by atoms with E-state index >= 15 is 0 Å². The first-order valence-electron chi connectivity index (χ1n) is 2.64. The van der Waals surface area contributed by atoms with Crippen molar-refractivity contribution in [1.29, 1.82) is 0 Å². The summed E-state index contributed by atoms with van der Waals surface area (Å²) in [5, 5.41) is 12.0. The molecule has 0 amide bonds. The van der Waals surface area contributed by atoms with Gasteiger partial charge >= 0.3 is 5.97 Å². The van der Waals surface area contributed by atoms with E-state index < -0.39 is 5.97 Å². The Kier molecular flexibility index (Phi) is 2.14. The van der Waals surface area contributed by atoms with Crippen molar-refractivity contribution in [2.24, 2.45) is 0 Å². The van der Waals surface area contributed by atoms with Gasteiger partial charge in [0.25, 0.3) is 0 Å². The molecule has 0 saturated carbocycles. The molecule has 0 aliphatic rings. The van der Waals surface area contributed by atoms with E-state index in [1.807, 2.05) is 5.92 Å². The Morgan fingerprint density at radius 1 is 1.82 bits per heavy atom. The van der Waals surface area contributed by atoms with Crippen LogP contribution in [0.4, 0.5) is 0 Å². The van der Waals surface area contributed by atoms with Gasteiger partial charge in [-0.2, -0.15) is 4.68 Å². The number of rotatable bonds is 0. The number of aliphatic carboxylic acids is 1. The molecule has 11 heavy (non-hydrogen) atoms. The number of halogens is 1. The van der Waals surface area contributed by atoms with Gasteiger partial charge in [0.15, 0.2) is 5.15 Å². The first kappa shape index (κ1) is 7.63. The first-order valence-corrected chi connectivity index (χ1v) is 3.02. The van der Waals surface area contributed by atoms with Crippen LogP contribution in [0, 0.1) is 12.0 Å². The van der Waals surface area contributed by atoms with Crippen molar-refractivity contribution in [2.75, 3.05) is 0 Å². The second-order valence-electron chi connectivity index (χ2n) is 1.62. The van der Waals surface area contributed by atoms with E-state index in [1.54, 1.807) is 0 Å². The monoisotopic (exact) mass is 170 g/mol. The fourth-order valence-corrected chi connectivity index (χ4v) is 0.607. The maximum absolute atomic E-state index is 9.93. The van der Waals surface area contributed by atoms with Crippen molar-refractivity contribution in [3.63, 3.8) is 0 Å². The molecule has 5 heteroatoms. The van der Waals surface area contributed by atoms with Crippen LogP contribution in [-0.4, -0.2) is 20.9 Å². The van der Waals surface area contributed by atoms with Crippen LogP contribution in [0.5, 0.6) is 0 Å². The number of carbonyl (C=O) groups is 1. The predicted molar refractivity (Wildman–Crippen MR) is 38.0 cm³/mol. The third-order valence-corrected chi connectivity index (χ3v) is 1.04. The molecular weight excluding hydrogens is 168 g/mol. The minimum Gasteiger partial charge on any atom is -0.472 e. The van der Waals surface area contributed by atoms with Crippen LogP contribution in [0.15, 0.2) is 12.3 Å². The Balaban J connectivity index is 2.82. The molecule has 0 radical (unpaired) electrons. The molecule has 1 aromatic rings. The second kappa shape index (κ2) is 3.08. The molecule has 0 saturated heterocycles. The van der Waals surface area contributed by atoms with Crippen LogP contribution in [0.2, 0.25) is 5.15 Å². The van der Waals surface area contributed by atoms with E-state index in [2.05, 4.69) is 11.1 Å². The van der Waals surface area contributed by atoms with Crippen molar-refractivity contribution < 1.29 is 9.90 Å². The fourth-order valence-electron chi connectivity index (χ4n) is 0.469. The number of carboxylic acids is 1. The lowest BCUT2D eigenvalue weighted by Gasteiger charge is -1.80. The summed E-state index contributed by atoms with van der Waals surface area (Å²) in [7, 11) is 0. The normalized spacial score (nSPS) is 8.45. The molecule has 0 atom stereocenters. The van der Waals surface area contributed by atoms with E-state index in [9.17, 15) is 4.79 Å². The van der Waals surface area contributed by atoms with Gasteiger partial charge in [0.05, 0.1) is 0 Å². The number of hydrogen-bond donors (Lipinski definition) is 1. The lowest BCUT2D eigenvalue weighted by atomic mass is 10.7. The molecule has 1 aromatic heterocycles. The van der Waals surface area contributed by atoms with Crippen molar-refractivity contribution in [1.82, 2.24) is 9.78 Å². The molecule has 1 heterocycles. The van der Waals surface area contributed by atoms with Gasteiger partial charge in [-0.1, -0.05) is 11.6 Å². The zero-order valence-electron chi connectivity index (χ0n) is 5.28. The molecule has 1 rings (SSSR count). The smallest absolute Gasteiger partial charge is 0.383 e. The zero-order chi connectivity index (χ0) is 8.27. The average Bonchev–Trinajstić information content (AvgIpc) is 2.31. The van der Waals surface area contributed by atoms with Gasteiger partial charge in [0, 0.05) is 18.2 Å². The van der Waals surface area contributed by atoms with Crippen LogP contribution in [0.25, 0.3) is 0 Å². The van der Waals surface area contributed by atoms with Crippen LogP contribution in [-0.2, 0) is 4.79 Å². The molecule has 4 nitrogen and oxygen atoms in total. The Morgan fingerprint density at radius 3 is 3.00 bits per heavy atom. The Bertz CT molecular complexity index is 334. The maximum Gasteiger partial charge on any atom is 0.383 e. The number of carboxylic acid groups (broad SMARTS) is 1. The molecule has 1 N–H and O–H groups in total. The Morgan fingerprint density at radius 2 is 2.55 bits per heavy atom. The molecule has 0 aromatic carbocycles. The highest BCUT2D eigenvalue weighted by Gasteiger charge is 1.90. The van der Waals surface area contributed by atoms with Gasteiger partial charge in [-0.3, -0.25) is 0 Å². The summed E-state index contributed by atoms with van der Waals surface area (Å²) in [6.07, 6.45) is 1.47. The summed E-state index contributed by atoms with van der Waals surface area (Å²) in [4.78, 5) is 9.93. The van der Waals surface area contributed by atoms with E-state index in [4.69, 9.17) is 16.7 Å². The molecule has 0 unspecified atom stereocenters. The summed E-state index contributed by atoms with van der Waals surface area (Å²) >= 11 is 5.43. The maximum atomic E-state index is 9.93. The minimum atomic E-state index is -1.20. The summed E-state index contributed by atoms with van der Waals surface area (Å²) in [5.41, 5.74) is 0. The molecule has 0 spiro atoms. The molecule has 0 bridgehead atoms. The number of aromatic nitrogens is 2. The zero-order valence-corrected chi connectivity index (χ0v) is 6.04. The highest BCUT2D eigenvalue weighted by molar-refractivity contribution is 6.29. The van der Waals surface area contributed by atoms with Crippen molar-refractivity contribution in [2.45, 2.75) is 0 Å². The third-order valence-electron chi connectivity index (χ3n) is 0.834. The van der Waals surface area contributed by atoms with Gasteiger partial charge in [0.2, 0.25) is 0 Å². The predicted octanol–water partition coefficient (Wildman–Crippen LogP) is 0.430. The van der Waals surface area contributed by atoms with Crippen molar-refractivity contribution in [3.8, 4) is 12.0 Å². The van der Waals surface area contributed by atoms with Crippen molar-refractivity contribution >= 4 is 17.6 Å². The molecule has 0 fully saturated rings. The highest BCUT2D eigenvalue weighted by atomic mass is 35.5. The minimum absolute atomic E-state index is 0.282. The SMILES string of the molecule is O=C(O)C#Cn1ccc(Cl)n1. The average molecular weight is 171 g/mol. The molecule has 56 valence electrons. The van der Waals surface area contributed by atoms with Crippen LogP contribution >= 0.6 is 11.6 Å². The highest BCUT2D eigenvalue weighted by Crippen LogP contribution is 2.00. The second-order valence-corrected chi connectivity index (χ2v) is 2.01. The largest absolute Gasteiger partial charge is 0.472 e. The van der Waals surface area contributed by atoms with E-state index in [-0.39, 0.29) is 5.15 Å². The van der Waals surface area contributed by atoms with Gasteiger partial charge < -0.3 is 5.11 Å².